The predicted molar refractivity (Wildman–Crippen MR) is 101 cm³/mol. The number of aromatic amines is 1. The third-order valence-electron chi connectivity index (χ3n) is 3.63. The summed E-state index contributed by atoms with van der Waals surface area (Å²) in [5, 5.41) is 13.8. The second kappa shape index (κ2) is 9.66. The zero-order valence-electron chi connectivity index (χ0n) is 15.5. The molecule has 0 saturated heterocycles. The Morgan fingerprint density at radius 3 is 2.64 bits per heavy atom. The highest BCUT2D eigenvalue weighted by molar-refractivity contribution is 5.79. The van der Waals surface area contributed by atoms with Gasteiger partial charge in [-0.25, -0.2) is 9.98 Å². The summed E-state index contributed by atoms with van der Waals surface area (Å²) in [6.45, 7) is 8.63. The highest BCUT2D eigenvalue weighted by atomic mass is 16.5. The van der Waals surface area contributed by atoms with Crippen LogP contribution in [0.1, 0.15) is 33.0 Å². The molecule has 0 bridgehead atoms. The number of benzene rings is 1. The monoisotopic (exact) mass is 344 g/mol. The van der Waals surface area contributed by atoms with Gasteiger partial charge in [0.15, 0.2) is 11.8 Å². The van der Waals surface area contributed by atoms with Gasteiger partial charge in [0, 0.05) is 18.7 Å². The smallest absolute Gasteiger partial charge is 0.191 e. The van der Waals surface area contributed by atoms with Crippen molar-refractivity contribution in [1.82, 2.24) is 25.8 Å². The molecule has 0 saturated carbocycles. The number of aliphatic imine (C=N–C) groups is 1. The summed E-state index contributed by atoms with van der Waals surface area (Å²) in [5.74, 6) is 3.66. The number of hydrogen-bond donors (Lipinski definition) is 3. The van der Waals surface area contributed by atoms with E-state index < -0.39 is 0 Å². The molecule has 0 fully saturated rings. The molecule has 0 atom stereocenters. The second-order valence-electron chi connectivity index (χ2n) is 6.14. The van der Waals surface area contributed by atoms with E-state index in [0.29, 0.717) is 18.3 Å². The number of aromatic nitrogens is 3. The van der Waals surface area contributed by atoms with Crippen LogP contribution < -0.4 is 15.4 Å². The minimum absolute atomic E-state index is 0.445. The average Bonchev–Trinajstić information content (AvgIpc) is 3.08. The summed E-state index contributed by atoms with van der Waals surface area (Å²) in [6.07, 6.45) is 1.11. The van der Waals surface area contributed by atoms with E-state index in [-0.39, 0.29) is 0 Å². The van der Waals surface area contributed by atoms with Gasteiger partial charge in [-0.15, -0.1) is 0 Å². The maximum atomic E-state index is 5.16. The fourth-order valence-corrected chi connectivity index (χ4v) is 2.21. The third-order valence-corrected chi connectivity index (χ3v) is 3.63. The van der Waals surface area contributed by atoms with Crippen LogP contribution in [0, 0.1) is 5.92 Å². The Balaban J connectivity index is 1.97. The molecule has 0 radical (unpaired) electrons. The standard InChI is InChI=1S/C18H28N6O/c1-5-19-18(20-11-10-13(2)3)21-12-16-22-17(24-23-16)14-6-8-15(25-4)9-7-14/h6-9,13H,5,10-12H2,1-4H3,(H2,19,20,21)(H,22,23,24). The lowest BCUT2D eigenvalue weighted by atomic mass is 10.1. The van der Waals surface area contributed by atoms with Crippen LogP contribution >= 0.6 is 0 Å². The predicted octanol–water partition coefficient (Wildman–Crippen LogP) is 2.58. The first-order valence-electron chi connectivity index (χ1n) is 8.70. The van der Waals surface area contributed by atoms with E-state index in [1.54, 1.807) is 7.11 Å². The Bertz CT molecular complexity index is 662. The van der Waals surface area contributed by atoms with Crippen LogP contribution in [-0.4, -0.2) is 41.3 Å². The fraction of sp³-hybridized carbons (Fsp3) is 0.500. The normalized spacial score (nSPS) is 11.6. The van der Waals surface area contributed by atoms with Gasteiger partial charge in [0.05, 0.1) is 7.11 Å². The molecule has 2 aromatic rings. The Kier molecular flexibility index (Phi) is 7.25. The van der Waals surface area contributed by atoms with E-state index in [1.165, 1.54) is 0 Å². The zero-order valence-corrected chi connectivity index (χ0v) is 15.5. The maximum Gasteiger partial charge on any atom is 0.191 e. The van der Waals surface area contributed by atoms with Crippen molar-refractivity contribution in [2.75, 3.05) is 20.2 Å². The van der Waals surface area contributed by atoms with Crippen LogP contribution in [0.25, 0.3) is 11.4 Å². The lowest BCUT2D eigenvalue weighted by Crippen LogP contribution is -2.38. The van der Waals surface area contributed by atoms with Gasteiger partial charge in [0.2, 0.25) is 0 Å². The molecule has 0 spiro atoms. The van der Waals surface area contributed by atoms with Crippen LogP contribution in [-0.2, 0) is 6.54 Å². The molecule has 0 amide bonds. The Labute approximate surface area is 149 Å². The van der Waals surface area contributed by atoms with Crippen molar-refractivity contribution in [3.05, 3.63) is 30.1 Å². The van der Waals surface area contributed by atoms with E-state index in [2.05, 4.69) is 51.6 Å². The van der Waals surface area contributed by atoms with Crippen LogP contribution in [0.15, 0.2) is 29.3 Å². The van der Waals surface area contributed by atoms with E-state index in [0.717, 1.165) is 42.6 Å². The SMILES string of the molecule is CCNC(=NCc1nc(-c2ccc(OC)cc2)n[nH]1)NCCC(C)C. The first-order chi connectivity index (χ1) is 12.1. The molecular weight excluding hydrogens is 316 g/mol. The largest absolute Gasteiger partial charge is 0.497 e. The first-order valence-corrected chi connectivity index (χ1v) is 8.70. The molecule has 0 unspecified atom stereocenters. The number of guanidine groups is 1. The molecule has 7 heteroatoms. The quantitative estimate of drug-likeness (QED) is 0.506. The van der Waals surface area contributed by atoms with Gasteiger partial charge >= 0.3 is 0 Å². The molecule has 7 nitrogen and oxygen atoms in total. The van der Waals surface area contributed by atoms with Gasteiger partial charge in [0.25, 0.3) is 0 Å². The number of nitrogens with one attached hydrogen (secondary N) is 3. The number of methoxy groups -OCH3 is 1. The van der Waals surface area contributed by atoms with Crippen molar-refractivity contribution in [3.8, 4) is 17.1 Å². The topological polar surface area (TPSA) is 87.2 Å². The molecule has 0 aliphatic heterocycles. The molecule has 2 rings (SSSR count). The highest BCUT2D eigenvalue weighted by Gasteiger charge is 2.06. The molecular formula is C18H28N6O. The second-order valence-corrected chi connectivity index (χ2v) is 6.14. The van der Waals surface area contributed by atoms with E-state index >= 15 is 0 Å². The van der Waals surface area contributed by atoms with Gasteiger partial charge in [-0.2, -0.15) is 5.10 Å². The fourth-order valence-electron chi connectivity index (χ4n) is 2.21. The van der Waals surface area contributed by atoms with Crippen molar-refractivity contribution < 1.29 is 4.74 Å². The molecule has 1 aromatic carbocycles. The van der Waals surface area contributed by atoms with Gasteiger partial charge < -0.3 is 15.4 Å². The molecule has 3 N–H and O–H groups in total. The summed E-state index contributed by atoms with van der Waals surface area (Å²) < 4.78 is 5.16. The molecule has 1 aromatic heterocycles. The number of ether oxygens (including phenoxy) is 1. The van der Waals surface area contributed by atoms with Crippen molar-refractivity contribution in [2.24, 2.45) is 10.9 Å². The summed E-state index contributed by atoms with van der Waals surface area (Å²) in [6, 6.07) is 7.66. The Morgan fingerprint density at radius 2 is 2.00 bits per heavy atom. The van der Waals surface area contributed by atoms with E-state index in [4.69, 9.17) is 4.74 Å². The van der Waals surface area contributed by atoms with Crippen LogP contribution in [0.3, 0.4) is 0 Å². The van der Waals surface area contributed by atoms with Gasteiger partial charge in [-0.1, -0.05) is 13.8 Å². The summed E-state index contributed by atoms with van der Waals surface area (Å²) in [5.41, 5.74) is 0.939. The van der Waals surface area contributed by atoms with Crippen LogP contribution in [0.4, 0.5) is 0 Å². The Hall–Kier alpha value is -2.57. The van der Waals surface area contributed by atoms with Gasteiger partial charge in [-0.05, 0) is 43.5 Å². The van der Waals surface area contributed by atoms with Crippen molar-refractivity contribution >= 4 is 5.96 Å². The molecule has 25 heavy (non-hydrogen) atoms. The lowest BCUT2D eigenvalue weighted by Gasteiger charge is -2.11. The zero-order chi connectivity index (χ0) is 18.1. The van der Waals surface area contributed by atoms with Gasteiger partial charge in [0.1, 0.15) is 18.1 Å². The van der Waals surface area contributed by atoms with Crippen LogP contribution in [0.2, 0.25) is 0 Å². The van der Waals surface area contributed by atoms with Gasteiger partial charge in [-0.3, -0.25) is 5.10 Å². The first kappa shape index (κ1) is 18.8. The summed E-state index contributed by atoms with van der Waals surface area (Å²) in [7, 11) is 1.65. The molecule has 1 heterocycles. The van der Waals surface area contributed by atoms with Crippen molar-refractivity contribution in [2.45, 2.75) is 33.7 Å². The van der Waals surface area contributed by atoms with Crippen LogP contribution in [0.5, 0.6) is 5.75 Å². The molecule has 0 aliphatic rings. The van der Waals surface area contributed by atoms with Crippen molar-refractivity contribution in [1.29, 1.82) is 0 Å². The van der Waals surface area contributed by atoms with Crippen molar-refractivity contribution in [3.63, 3.8) is 0 Å². The number of rotatable bonds is 8. The minimum Gasteiger partial charge on any atom is -0.497 e. The van der Waals surface area contributed by atoms with E-state index in [1.807, 2.05) is 24.3 Å². The number of hydrogen-bond acceptors (Lipinski definition) is 4. The minimum atomic E-state index is 0.445. The molecule has 0 aliphatic carbocycles. The third kappa shape index (κ3) is 6.10. The lowest BCUT2D eigenvalue weighted by molar-refractivity contribution is 0.415. The van der Waals surface area contributed by atoms with E-state index in [9.17, 15) is 0 Å². The maximum absolute atomic E-state index is 5.16. The number of nitrogens with zero attached hydrogens (tertiary/aromatic N) is 3. The Morgan fingerprint density at radius 1 is 1.24 bits per heavy atom. The average molecular weight is 344 g/mol. The molecule has 136 valence electrons. The summed E-state index contributed by atoms with van der Waals surface area (Å²) in [4.78, 5) is 9.06. The summed E-state index contributed by atoms with van der Waals surface area (Å²) >= 11 is 0. The highest BCUT2D eigenvalue weighted by Crippen LogP contribution is 2.18. The number of H-pyrrole nitrogens is 1.